The summed E-state index contributed by atoms with van der Waals surface area (Å²) < 4.78 is 0. The van der Waals surface area contributed by atoms with Crippen LogP contribution in [0.15, 0.2) is 12.4 Å². The second-order valence-corrected chi connectivity index (χ2v) is 8.34. The minimum atomic E-state index is -0.581. The molecule has 1 aromatic rings. The Balaban J connectivity index is 0.00000210. The number of piperidine rings is 1. The molecule has 1 aromatic heterocycles. The molecule has 2 saturated heterocycles. The van der Waals surface area contributed by atoms with Gasteiger partial charge < -0.3 is 9.80 Å². The van der Waals surface area contributed by atoms with Crippen LogP contribution < -0.4 is 10.4 Å². The fraction of sp³-hybridized carbons (Fsp3) is 0.737. The molecular formula is C19H30ClN5O2. The summed E-state index contributed by atoms with van der Waals surface area (Å²) >= 11 is 0. The maximum Gasteiger partial charge on any atom is 0.277 e. The lowest BCUT2D eigenvalue weighted by Gasteiger charge is -2.39. The van der Waals surface area contributed by atoms with Crippen molar-refractivity contribution in [3.05, 3.63) is 18.0 Å². The summed E-state index contributed by atoms with van der Waals surface area (Å²) in [6, 6.07) is 0. The number of hydrogen-bond acceptors (Lipinski definition) is 6. The van der Waals surface area contributed by atoms with Crippen molar-refractivity contribution in [2.24, 2.45) is 11.3 Å². The first-order valence-electron chi connectivity index (χ1n) is 9.91. The van der Waals surface area contributed by atoms with Crippen LogP contribution in [0, 0.1) is 11.3 Å². The lowest BCUT2D eigenvalue weighted by molar-refractivity contribution is 0.0705. The molecule has 7 nitrogen and oxygen atoms in total. The average molecular weight is 396 g/mol. The monoisotopic (exact) mass is 395 g/mol. The number of rotatable bonds is 4. The number of hydrogen-bond donors (Lipinski definition) is 2. The highest BCUT2D eigenvalue weighted by atomic mass is 35.5. The van der Waals surface area contributed by atoms with E-state index in [1.807, 2.05) is 0 Å². The Bertz CT molecular complexity index is 627. The number of carbonyl (C=O) groups excluding carboxylic acids is 1. The van der Waals surface area contributed by atoms with Crippen molar-refractivity contribution < 1.29 is 10.0 Å². The summed E-state index contributed by atoms with van der Waals surface area (Å²) in [4.78, 5) is 24.9. The third-order valence-electron chi connectivity index (χ3n) is 6.62. The first-order chi connectivity index (χ1) is 12.7. The van der Waals surface area contributed by atoms with Gasteiger partial charge in [-0.05, 0) is 50.0 Å². The van der Waals surface area contributed by atoms with Gasteiger partial charge in [0, 0.05) is 38.6 Å². The number of nitrogens with zero attached hydrogens (tertiary/aromatic N) is 4. The number of likely N-dealkylation sites (tertiary alicyclic amines) is 1. The van der Waals surface area contributed by atoms with E-state index in [2.05, 4.69) is 19.8 Å². The lowest BCUT2D eigenvalue weighted by atomic mass is 9.78. The highest BCUT2D eigenvalue weighted by molar-refractivity contribution is 5.92. The molecule has 150 valence electrons. The Labute approximate surface area is 166 Å². The highest BCUT2D eigenvalue weighted by Crippen LogP contribution is 2.41. The van der Waals surface area contributed by atoms with Crippen molar-refractivity contribution in [2.45, 2.75) is 44.9 Å². The Morgan fingerprint density at radius 3 is 2.41 bits per heavy atom. The van der Waals surface area contributed by atoms with Gasteiger partial charge in [0.2, 0.25) is 5.95 Å². The third-order valence-corrected chi connectivity index (χ3v) is 6.62. The fourth-order valence-electron chi connectivity index (χ4n) is 5.00. The molecule has 8 heteroatoms. The highest BCUT2D eigenvalue weighted by Gasteiger charge is 2.41. The SMILES string of the molecule is Cl.O=C(NO)c1cnc(N2CCC3(CCN(CC4CCCC4)C3)CC2)nc1. The third kappa shape index (κ3) is 4.52. The molecule has 0 atom stereocenters. The number of hydroxylamine groups is 1. The van der Waals surface area contributed by atoms with Gasteiger partial charge in [-0.2, -0.15) is 0 Å². The van der Waals surface area contributed by atoms with E-state index in [9.17, 15) is 4.79 Å². The van der Waals surface area contributed by atoms with Gasteiger partial charge in [-0.15, -0.1) is 12.4 Å². The van der Waals surface area contributed by atoms with Crippen LogP contribution in [0.25, 0.3) is 0 Å². The first kappa shape index (κ1) is 20.3. The van der Waals surface area contributed by atoms with E-state index in [1.54, 1.807) is 5.48 Å². The van der Waals surface area contributed by atoms with Crippen molar-refractivity contribution in [1.82, 2.24) is 20.3 Å². The largest absolute Gasteiger partial charge is 0.341 e. The van der Waals surface area contributed by atoms with Crippen molar-refractivity contribution >= 4 is 24.3 Å². The van der Waals surface area contributed by atoms with Gasteiger partial charge in [0.15, 0.2) is 0 Å². The summed E-state index contributed by atoms with van der Waals surface area (Å²) in [6.45, 7) is 5.78. The predicted octanol–water partition coefficient (Wildman–Crippen LogP) is 2.50. The van der Waals surface area contributed by atoms with Gasteiger partial charge >= 0.3 is 0 Å². The molecule has 3 aliphatic rings. The lowest BCUT2D eigenvalue weighted by Crippen LogP contribution is -2.42. The number of aromatic nitrogens is 2. The summed E-state index contributed by atoms with van der Waals surface area (Å²) in [5.74, 6) is 1.03. The minimum absolute atomic E-state index is 0. The van der Waals surface area contributed by atoms with Crippen LogP contribution in [-0.2, 0) is 0 Å². The molecule has 3 fully saturated rings. The number of amides is 1. The molecular weight excluding hydrogens is 366 g/mol. The maximum atomic E-state index is 11.4. The van der Waals surface area contributed by atoms with Crippen molar-refractivity contribution in [3.63, 3.8) is 0 Å². The molecule has 1 saturated carbocycles. The van der Waals surface area contributed by atoms with Crippen molar-refractivity contribution in [3.8, 4) is 0 Å². The quantitative estimate of drug-likeness (QED) is 0.602. The van der Waals surface area contributed by atoms with Crippen LogP contribution in [0.3, 0.4) is 0 Å². The summed E-state index contributed by atoms with van der Waals surface area (Å²) in [7, 11) is 0. The molecule has 1 aliphatic carbocycles. The molecule has 0 aromatic carbocycles. The average Bonchev–Trinajstić information content (AvgIpc) is 3.33. The zero-order valence-electron chi connectivity index (χ0n) is 15.8. The molecule has 2 N–H and O–H groups in total. The van der Waals surface area contributed by atoms with Gasteiger partial charge in [0.25, 0.3) is 5.91 Å². The van der Waals surface area contributed by atoms with Crippen LogP contribution in [0.1, 0.15) is 55.3 Å². The molecule has 0 unspecified atom stereocenters. The molecule has 1 spiro atoms. The smallest absolute Gasteiger partial charge is 0.277 e. The molecule has 3 heterocycles. The number of carbonyl (C=O) groups is 1. The second-order valence-electron chi connectivity index (χ2n) is 8.34. The fourth-order valence-corrected chi connectivity index (χ4v) is 5.00. The standard InChI is InChI=1S/C19H29N5O2.ClH/c25-17(22-26)16-11-20-18(21-12-16)24-9-6-19(7-10-24)5-8-23(14-19)13-15-3-1-2-4-15;/h11-12,15,26H,1-10,13-14H2,(H,22,25);1H. The van der Waals surface area contributed by atoms with E-state index in [0.717, 1.165) is 19.0 Å². The second kappa shape index (κ2) is 8.71. The molecule has 1 amide bonds. The normalized spacial score (nSPS) is 22.8. The zero-order valence-corrected chi connectivity index (χ0v) is 16.6. The van der Waals surface area contributed by atoms with Crippen LogP contribution in [0.5, 0.6) is 0 Å². The van der Waals surface area contributed by atoms with Crippen LogP contribution in [-0.4, -0.2) is 58.7 Å². The first-order valence-corrected chi connectivity index (χ1v) is 9.91. The molecule has 27 heavy (non-hydrogen) atoms. The Morgan fingerprint density at radius 2 is 1.78 bits per heavy atom. The Morgan fingerprint density at radius 1 is 1.15 bits per heavy atom. The minimum Gasteiger partial charge on any atom is -0.341 e. The predicted molar refractivity (Wildman–Crippen MR) is 105 cm³/mol. The van der Waals surface area contributed by atoms with Crippen LogP contribution in [0.4, 0.5) is 5.95 Å². The van der Waals surface area contributed by atoms with Gasteiger partial charge in [-0.25, -0.2) is 15.4 Å². The Kier molecular flexibility index (Phi) is 6.55. The molecule has 0 radical (unpaired) electrons. The number of halogens is 1. The van der Waals surface area contributed by atoms with Crippen LogP contribution >= 0.6 is 12.4 Å². The van der Waals surface area contributed by atoms with E-state index in [4.69, 9.17) is 5.21 Å². The maximum absolute atomic E-state index is 11.4. The van der Waals surface area contributed by atoms with Gasteiger partial charge in [0.05, 0.1) is 5.56 Å². The summed E-state index contributed by atoms with van der Waals surface area (Å²) in [6.07, 6.45) is 12.4. The van der Waals surface area contributed by atoms with Crippen LogP contribution in [0.2, 0.25) is 0 Å². The van der Waals surface area contributed by atoms with Gasteiger partial charge in [0.1, 0.15) is 0 Å². The number of anilines is 1. The number of nitrogens with one attached hydrogen (secondary N) is 1. The van der Waals surface area contributed by atoms with Gasteiger partial charge in [-0.3, -0.25) is 10.0 Å². The van der Waals surface area contributed by atoms with Crippen molar-refractivity contribution in [2.75, 3.05) is 37.6 Å². The van der Waals surface area contributed by atoms with Gasteiger partial charge in [-0.1, -0.05) is 12.8 Å². The van der Waals surface area contributed by atoms with E-state index in [0.29, 0.717) is 11.4 Å². The van der Waals surface area contributed by atoms with E-state index >= 15 is 0 Å². The summed E-state index contributed by atoms with van der Waals surface area (Å²) in [5.41, 5.74) is 2.35. The van der Waals surface area contributed by atoms with Crippen molar-refractivity contribution in [1.29, 1.82) is 0 Å². The van der Waals surface area contributed by atoms with E-state index in [-0.39, 0.29) is 18.0 Å². The van der Waals surface area contributed by atoms with E-state index < -0.39 is 5.91 Å². The topological polar surface area (TPSA) is 81.6 Å². The molecule has 0 bridgehead atoms. The summed E-state index contributed by atoms with van der Waals surface area (Å²) in [5, 5.41) is 8.67. The molecule has 4 rings (SSSR count). The Hall–Kier alpha value is -1.44. The zero-order chi connectivity index (χ0) is 18.0. The van der Waals surface area contributed by atoms with E-state index in [1.165, 1.54) is 77.0 Å². The molecule has 2 aliphatic heterocycles.